The Kier molecular flexibility index (Phi) is 4.65. The highest BCUT2D eigenvalue weighted by molar-refractivity contribution is 7.04. The van der Waals surface area contributed by atoms with Crippen LogP contribution in [0.4, 0.5) is 4.39 Å². The van der Waals surface area contributed by atoms with Gasteiger partial charge in [-0.3, -0.25) is 0 Å². The van der Waals surface area contributed by atoms with E-state index in [0.29, 0.717) is 5.50 Å². The molecule has 0 aromatic heterocycles. The predicted octanol–water partition coefficient (Wildman–Crippen LogP) is 4.46. The molecule has 1 unspecified atom stereocenters. The Morgan fingerprint density at radius 3 is 1.74 bits per heavy atom. The van der Waals surface area contributed by atoms with E-state index in [1.807, 2.05) is 30.3 Å². The zero-order valence-electron chi connectivity index (χ0n) is 13.0. The summed E-state index contributed by atoms with van der Waals surface area (Å²) in [6.07, 6.45) is 0. The molecule has 3 heteroatoms. The van der Waals surface area contributed by atoms with Crippen LogP contribution in [0.15, 0.2) is 78.9 Å². The van der Waals surface area contributed by atoms with Crippen molar-refractivity contribution in [2.45, 2.75) is 6.55 Å². The Balaban J connectivity index is 1.97. The lowest BCUT2D eigenvalue weighted by atomic mass is 10.1. The van der Waals surface area contributed by atoms with Crippen molar-refractivity contribution in [3.8, 4) is 11.1 Å². The Labute approximate surface area is 142 Å². The first-order valence-electron chi connectivity index (χ1n) is 7.61. The summed E-state index contributed by atoms with van der Waals surface area (Å²) in [4.78, 5) is 0. The minimum Gasteiger partial charge on any atom is -0.207 e. The van der Waals surface area contributed by atoms with Gasteiger partial charge in [0, 0.05) is 5.50 Å². The molecule has 3 rings (SSSR count). The van der Waals surface area contributed by atoms with Gasteiger partial charge in [-0.2, -0.15) is 0 Å². The zero-order valence-corrected chi connectivity index (χ0v) is 14.7. The highest BCUT2D eigenvalue weighted by Crippen LogP contribution is 2.18. The van der Waals surface area contributed by atoms with Crippen molar-refractivity contribution in [3.63, 3.8) is 0 Å². The van der Waals surface area contributed by atoms with Gasteiger partial charge >= 0.3 is 0 Å². The van der Waals surface area contributed by atoms with Gasteiger partial charge in [-0.25, -0.2) is 4.39 Å². The Bertz CT molecular complexity index is 769. The van der Waals surface area contributed by atoms with Gasteiger partial charge in [0.1, 0.15) is 13.9 Å². The molecule has 1 atom stereocenters. The lowest BCUT2D eigenvalue weighted by Gasteiger charge is -2.26. The molecule has 116 valence electrons. The molecule has 23 heavy (non-hydrogen) atoms. The van der Waals surface area contributed by atoms with Crippen LogP contribution < -0.4 is 10.4 Å². The van der Waals surface area contributed by atoms with Crippen LogP contribution in [-0.4, -0.2) is 13.6 Å². The Morgan fingerprint density at radius 1 is 0.739 bits per heavy atom. The molecule has 0 saturated heterocycles. The molecule has 3 aromatic carbocycles. The second-order valence-corrected chi connectivity index (χ2v) is 10.8. The first kappa shape index (κ1) is 16.0. The summed E-state index contributed by atoms with van der Waals surface area (Å²) in [5.41, 5.74) is 2.97. The topological polar surface area (TPSA) is 0 Å². The van der Waals surface area contributed by atoms with Gasteiger partial charge in [-0.05, 0) is 23.3 Å². The summed E-state index contributed by atoms with van der Waals surface area (Å²) in [6.45, 7) is 2.23. The van der Waals surface area contributed by atoms with E-state index in [-0.39, 0.29) is 5.82 Å². The standard InChI is InChI=1S/C20H18ClFSi/c1-23(15-21,20-13-9-18(22)10-14-20)19-11-7-17(8-12-19)16-5-3-2-4-6-16/h2-14H,15H2,1H3. The normalized spacial score (nSPS) is 13.5. The van der Waals surface area contributed by atoms with E-state index in [1.165, 1.54) is 28.4 Å². The fourth-order valence-corrected chi connectivity index (χ4v) is 6.17. The number of benzene rings is 3. The van der Waals surface area contributed by atoms with Crippen molar-refractivity contribution in [3.05, 3.63) is 84.7 Å². The molecule has 0 heterocycles. The van der Waals surface area contributed by atoms with E-state index >= 15 is 0 Å². The summed E-state index contributed by atoms with van der Waals surface area (Å²) in [5.74, 6) is -0.209. The van der Waals surface area contributed by atoms with Crippen molar-refractivity contribution in [1.29, 1.82) is 0 Å². The average molecular weight is 341 g/mol. The average Bonchev–Trinajstić information content (AvgIpc) is 2.62. The third kappa shape index (κ3) is 3.24. The van der Waals surface area contributed by atoms with Gasteiger partial charge in [0.25, 0.3) is 0 Å². The van der Waals surface area contributed by atoms with Crippen LogP contribution in [0, 0.1) is 5.82 Å². The van der Waals surface area contributed by atoms with Crippen molar-refractivity contribution < 1.29 is 4.39 Å². The van der Waals surface area contributed by atoms with Crippen LogP contribution >= 0.6 is 11.6 Å². The minimum absolute atomic E-state index is 0.209. The molecule has 0 aliphatic heterocycles. The molecule has 0 saturated carbocycles. The minimum atomic E-state index is -2.02. The molecule has 0 aliphatic rings. The number of hydrogen-bond acceptors (Lipinski definition) is 0. The van der Waals surface area contributed by atoms with Crippen LogP contribution in [0.3, 0.4) is 0 Å². The van der Waals surface area contributed by atoms with Crippen LogP contribution in [-0.2, 0) is 0 Å². The molecule has 0 amide bonds. The molecule has 0 nitrogen and oxygen atoms in total. The second kappa shape index (κ2) is 6.69. The summed E-state index contributed by atoms with van der Waals surface area (Å²) < 4.78 is 13.2. The third-order valence-electron chi connectivity index (χ3n) is 4.38. The van der Waals surface area contributed by atoms with Gasteiger partial charge in [0.05, 0.1) is 0 Å². The first-order valence-corrected chi connectivity index (χ1v) is 10.9. The quantitative estimate of drug-likeness (QED) is 0.486. The molecule has 0 bridgehead atoms. The molecule has 0 aliphatic carbocycles. The van der Waals surface area contributed by atoms with Gasteiger partial charge in [-0.1, -0.05) is 83.7 Å². The molecule has 0 N–H and O–H groups in total. The van der Waals surface area contributed by atoms with Crippen LogP contribution in [0.25, 0.3) is 11.1 Å². The maximum atomic E-state index is 13.2. The Hall–Kier alpha value is -1.90. The summed E-state index contributed by atoms with van der Waals surface area (Å²) in [5, 5.41) is 2.42. The monoisotopic (exact) mass is 340 g/mol. The van der Waals surface area contributed by atoms with Crippen molar-refractivity contribution in [2.24, 2.45) is 0 Å². The lowest BCUT2D eigenvalue weighted by Crippen LogP contribution is -2.57. The number of rotatable bonds is 4. The van der Waals surface area contributed by atoms with Crippen LogP contribution in [0.5, 0.6) is 0 Å². The summed E-state index contributed by atoms with van der Waals surface area (Å²) in [6, 6.07) is 25.7. The highest BCUT2D eigenvalue weighted by Gasteiger charge is 2.30. The maximum absolute atomic E-state index is 13.2. The lowest BCUT2D eigenvalue weighted by molar-refractivity contribution is 0.628. The van der Waals surface area contributed by atoms with Gasteiger partial charge in [-0.15, -0.1) is 11.6 Å². The van der Waals surface area contributed by atoms with Crippen molar-refractivity contribution >= 4 is 30.0 Å². The van der Waals surface area contributed by atoms with Gasteiger partial charge in [0.2, 0.25) is 0 Å². The van der Waals surface area contributed by atoms with E-state index in [1.54, 1.807) is 0 Å². The van der Waals surface area contributed by atoms with Gasteiger partial charge in [0.15, 0.2) is 0 Å². The Morgan fingerprint density at radius 2 is 1.22 bits per heavy atom. The largest absolute Gasteiger partial charge is 0.207 e. The number of hydrogen-bond donors (Lipinski definition) is 0. The molecule has 3 aromatic rings. The smallest absolute Gasteiger partial charge is 0.129 e. The van der Waals surface area contributed by atoms with E-state index in [2.05, 4.69) is 42.9 Å². The second-order valence-electron chi connectivity index (χ2n) is 5.92. The van der Waals surface area contributed by atoms with Crippen LogP contribution in [0.2, 0.25) is 6.55 Å². The van der Waals surface area contributed by atoms with E-state index in [9.17, 15) is 4.39 Å². The number of halogens is 2. The van der Waals surface area contributed by atoms with Crippen molar-refractivity contribution in [2.75, 3.05) is 5.50 Å². The molecule has 0 spiro atoms. The SMILES string of the molecule is C[Si](CCl)(c1ccc(F)cc1)c1ccc(-c2ccccc2)cc1. The third-order valence-corrected chi connectivity index (χ3v) is 9.73. The van der Waals surface area contributed by atoms with Crippen molar-refractivity contribution in [1.82, 2.24) is 0 Å². The van der Waals surface area contributed by atoms with E-state index in [0.717, 1.165) is 5.19 Å². The van der Waals surface area contributed by atoms with Gasteiger partial charge < -0.3 is 0 Å². The summed E-state index contributed by atoms with van der Waals surface area (Å²) in [7, 11) is -2.02. The molecular formula is C20H18ClFSi. The molecule has 0 fully saturated rings. The highest BCUT2D eigenvalue weighted by atomic mass is 35.5. The van der Waals surface area contributed by atoms with E-state index < -0.39 is 8.07 Å². The first-order chi connectivity index (χ1) is 11.1. The molecular weight excluding hydrogens is 323 g/mol. The molecule has 0 radical (unpaired) electrons. The fraction of sp³-hybridized carbons (Fsp3) is 0.100. The summed E-state index contributed by atoms with van der Waals surface area (Å²) >= 11 is 6.34. The fourth-order valence-electron chi connectivity index (χ4n) is 2.80. The maximum Gasteiger partial charge on any atom is 0.129 e. The number of alkyl halides is 1. The zero-order chi connectivity index (χ0) is 16.3. The predicted molar refractivity (Wildman–Crippen MR) is 99.9 cm³/mol. The van der Waals surface area contributed by atoms with E-state index in [4.69, 9.17) is 11.6 Å². The van der Waals surface area contributed by atoms with Crippen LogP contribution in [0.1, 0.15) is 0 Å².